The van der Waals surface area contributed by atoms with Crippen LogP contribution in [0, 0.1) is 11.3 Å². The van der Waals surface area contributed by atoms with Crippen molar-refractivity contribution in [1.29, 1.82) is 0 Å². The van der Waals surface area contributed by atoms with E-state index in [4.69, 9.17) is 18.9 Å². The van der Waals surface area contributed by atoms with Gasteiger partial charge in [0.05, 0.1) is 38.1 Å². The number of hydrogen-bond acceptors (Lipinski definition) is 8. The van der Waals surface area contributed by atoms with E-state index >= 15 is 0 Å². The lowest BCUT2D eigenvalue weighted by Gasteiger charge is -2.33. The zero-order valence-corrected chi connectivity index (χ0v) is 20.0. The van der Waals surface area contributed by atoms with Crippen LogP contribution in [0.25, 0.3) is 5.57 Å². The SMILES string of the molecule is CCOC(=O)C1=C(C(=O)OCC)C2CC(C(=O)OC)(C(=O)OCC)Cc3ccccc3C2=CC1. The summed E-state index contributed by atoms with van der Waals surface area (Å²) in [6, 6.07) is 7.39. The van der Waals surface area contributed by atoms with Crippen molar-refractivity contribution < 1.29 is 38.1 Å². The first-order valence-electron chi connectivity index (χ1n) is 11.5. The zero-order chi connectivity index (χ0) is 24.9. The van der Waals surface area contributed by atoms with Gasteiger partial charge in [-0.2, -0.15) is 0 Å². The molecule has 0 bridgehead atoms. The molecule has 2 atom stereocenters. The smallest absolute Gasteiger partial charge is 0.335 e. The minimum atomic E-state index is -1.71. The van der Waals surface area contributed by atoms with Crippen LogP contribution in [0.2, 0.25) is 0 Å². The highest BCUT2D eigenvalue weighted by Gasteiger charge is 2.54. The van der Waals surface area contributed by atoms with Gasteiger partial charge in [-0.05, 0) is 56.7 Å². The summed E-state index contributed by atoms with van der Waals surface area (Å²) in [5, 5.41) is 0. The summed E-state index contributed by atoms with van der Waals surface area (Å²) in [5.74, 6) is -3.57. The maximum absolute atomic E-state index is 13.3. The molecular formula is C26H30O8. The highest BCUT2D eigenvalue weighted by atomic mass is 16.6. The number of hydrogen-bond donors (Lipinski definition) is 0. The van der Waals surface area contributed by atoms with Crippen molar-refractivity contribution in [2.45, 2.75) is 40.0 Å². The first-order chi connectivity index (χ1) is 16.3. The van der Waals surface area contributed by atoms with Gasteiger partial charge < -0.3 is 18.9 Å². The third-order valence-corrected chi connectivity index (χ3v) is 6.21. The molecule has 8 nitrogen and oxygen atoms in total. The molecule has 0 spiro atoms. The Balaban J connectivity index is 2.29. The number of fused-ring (bicyclic) bond motifs is 3. The second-order valence-corrected chi connectivity index (χ2v) is 8.08. The van der Waals surface area contributed by atoms with Crippen LogP contribution in [0.4, 0.5) is 0 Å². The topological polar surface area (TPSA) is 105 Å². The summed E-state index contributed by atoms with van der Waals surface area (Å²) in [7, 11) is 1.21. The normalized spacial score (nSPS) is 21.3. The molecule has 0 heterocycles. The quantitative estimate of drug-likeness (QED) is 0.340. The van der Waals surface area contributed by atoms with Crippen molar-refractivity contribution in [1.82, 2.24) is 0 Å². The molecule has 182 valence electrons. The molecule has 34 heavy (non-hydrogen) atoms. The first kappa shape index (κ1) is 25.2. The summed E-state index contributed by atoms with van der Waals surface area (Å²) in [4.78, 5) is 52.5. The molecule has 0 radical (unpaired) electrons. The minimum absolute atomic E-state index is 0.0351. The molecule has 0 N–H and O–H groups in total. The number of allylic oxidation sites excluding steroid dienone is 2. The van der Waals surface area contributed by atoms with Crippen molar-refractivity contribution in [2.75, 3.05) is 26.9 Å². The van der Waals surface area contributed by atoms with E-state index < -0.39 is 35.2 Å². The lowest BCUT2D eigenvalue weighted by molar-refractivity contribution is -0.172. The second-order valence-electron chi connectivity index (χ2n) is 8.08. The molecule has 8 heteroatoms. The van der Waals surface area contributed by atoms with Gasteiger partial charge in [-0.25, -0.2) is 9.59 Å². The Kier molecular flexibility index (Phi) is 7.91. The standard InChI is InChI=1S/C26H30O8/c1-5-32-22(27)19-13-12-18-17-11-9-8-10-16(17)14-26(24(29)31-4,25(30)34-7-3)15-20(18)21(19)23(28)33-6-2/h8-12,20H,5-7,13-15H2,1-4H3. The summed E-state index contributed by atoms with van der Waals surface area (Å²) in [5.41, 5.74) is 0.852. The molecule has 2 aliphatic rings. The largest absolute Gasteiger partial charge is 0.468 e. The van der Waals surface area contributed by atoms with Gasteiger partial charge in [-0.3, -0.25) is 9.59 Å². The van der Waals surface area contributed by atoms with Crippen molar-refractivity contribution in [3.63, 3.8) is 0 Å². The second kappa shape index (κ2) is 10.7. The van der Waals surface area contributed by atoms with Crippen LogP contribution < -0.4 is 0 Å². The lowest BCUT2D eigenvalue weighted by Crippen LogP contribution is -2.45. The Morgan fingerprint density at radius 3 is 2.21 bits per heavy atom. The number of carbonyl (C=O) groups excluding carboxylic acids is 4. The van der Waals surface area contributed by atoms with E-state index in [2.05, 4.69) is 0 Å². The number of rotatable bonds is 7. The van der Waals surface area contributed by atoms with Crippen LogP contribution in [0.5, 0.6) is 0 Å². The van der Waals surface area contributed by atoms with E-state index in [1.807, 2.05) is 30.3 Å². The molecule has 1 aromatic rings. The average molecular weight is 471 g/mol. The highest BCUT2D eigenvalue weighted by molar-refractivity contribution is 6.06. The molecule has 0 saturated carbocycles. The lowest BCUT2D eigenvalue weighted by atomic mass is 9.71. The Labute approximate surface area is 198 Å². The van der Waals surface area contributed by atoms with Gasteiger partial charge in [0.25, 0.3) is 0 Å². The molecule has 0 amide bonds. The van der Waals surface area contributed by atoms with Crippen LogP contribution in [-0.4, -0.2) is 50.8 Å². The predicted octanol–water partition coefficient (Wildman–Crippen LogP) is 3.18. The van der Waals surface area contributed by atoms with E-state index in [9.17, 15) is 19.2 Å². The fraction of sp³-hybridized carbons (Fsp3) is 0.462. The number of ether oxygens (including phenoxy) is 4. The first-order valence-corrected chi connectivity index (χ1v) is 11.5. The Morgan fingerprint density at radius 2 is 1.56 bits per heavy atom. The molecular weight excluding hydrogens is 440 g/mol. The highest BCUT2D eigenvalue weighted by Crippen LogP contribution is 2.50. The molecule has 0 saturated heterocycles. The van der Waals surface area contributed by atoms with Gasteiger partial charge in [0.1, 0.15) is 0 Å². The summed E-state index contributed by atoms with van der Waals surface area (Å²) in [6.07, 6.45) is 1.94. The molecule has 2 aliphatic carbocycles. The van der Waals surface area contributed by atoms with Gasteiger partial charge in [-0.1, -0.05) is 30.3 Å². The van der Waals surface area contributed by atoms with Crippen LogP contribution in [0.1, 0.15) is 44.7 Å². The van der Waals surface area contributed by atoms with E-state index in [0.717, 1.165) is 16.7 Å². The van der Waals surface area contributed by atoms with E-state index in [0.29, 0.717) is 0 Å². The molecule has 0 aliphatic heterocycles. The number of methoxy groups -OCH3 is 1. The summed E-state index contributed by atoms with van der Waals surface area (Å²) >= 11 is 0. The molecule has 2 unspecified atom stereocenters. The third-order valence-electron chi connectivity index (χ3n) is 6.21. The van der Waals surface area contributed by atoms with Crippen molar-refractivity contribution >= 4 is 29.5 Å². The van der Waals surface area contributed by atoms with Crippen LogP contribution in [0.15, 0.2) is 41.5 Å². The predicted molar refractivity (Wildman–Crippen MR) is 122 cm³/mol. The van der Waals surface area contributed by atoms with Crippen LogP contribution in [-0.2, 0) is 44.5 Å². The maximum atomic E-state index is 13.3. The zero-order valence-electron chi connectivity index (χ0n) is 20.0. The maximum Gasteiger partial charge on any atom is 0.335 e. The van der Waals surface area contributed by atoms with Crippen LogP contribution >= 0.6 is 0 Å². The van der Waals surface area contributed by atoms with Crippen molar-refractivity contribution in [3.8, 4) is 0 Å². The van der Waals surface area contributed by atoms with Gasteiger partial charge in [0.15, 0.2) is 5.41 Å². The van der Waals surface area contributed by atoms with E-state index in [1.54, 1.807) is 20.8 Å². The van der Waals surface area contributed by atoms with Gasteiger partial charge in [0, 0.05) is 5.92 Å². The fourth-order valence-corrected chi connectivity index (χ4v) is 4.79. The minimum Gasteiger partial charge on any atom is -0.468 e. The van der Waals surface area contributed by atoms with Crippen molar-refractivity contribution in [2.24, 2.45) is 11.3 Å². The Morgan fingerprint density at radius 1 is 0.912 bits per heavy atom. The number of esters is 4. The molecule has 3 rings (SSSR count). The molecule has 0 fully saturated rings. The fourth-order valence-electron chi connectivity index (χ4n) is 4.79. The van der Waals surface area contributed by atoms with E-state index in [-0.39, 0.29) is 50.2 Å². The monoisotopic (exact) mass is 470 g/mol. The van der Waals surface area contributed by atoms with E-state index in [1.165, 1.54) is 7.11 Å². The van der Waals surface area contributed by atoms with Gasteiger partial charge in [-0.15, -0.1) is 0 Å². The molecule has 0 aromatic heterocycles. The van der Waals surface area contributed by atoms with Crippen molar-refractivity contribution in [3.05, 3.63) is 52.6 Å². The Bertz CT molecular complexity index is 1050. The third kappa shape index (κ3) is 4.49. The summed E-state index contributed by atoms with van der Waals surface area (Å²) < 4.78 is 20.9. The molecule has 1 aromatic carbocycles. The van der Waals surface area contributed by atoms with Gasteiger partial charge in [0.2, 0.25) is 0 Å². The number of benzene rings is 1. The average Bonchev–Trinajstić information content (AvgIpc) is 2.98. The van der Waals surface area contributed by atoms with Gasteiger partial charge >= 0.3 is 23.9 Å². The number of carbonyl (C=O) groups is 4. The Hall–Kier alpha value is -3.42. The summed E-state index contributed by atoms with van der Waals surface area (Å²) in [6.45, 7) is 5.31. The van der Waals surface area contributed by atoms with Crippen LogP contribution in [0.3, 0.4) is 0 Å².